The second-order valence-corrected chi connectivity index (χ2v) is 6.31. The van der Waals surface area contributed by atoms with Crippen LogP contribution in [0.25, 0.3) is 16.6 Å². The number of amides is 1. The highest BCUT2D eigenvalue weighted by molar-refractivity contribution is 5.97. The van der Waals surface area contributed by atoms with Gasteiger partial charge in [-0.3, -0.25) is 9.59 Å². The van der Waals surface area contributed by atoms with E-state index in [-0.39, 0.29) is 11.5 Å². The van der Waals surface area contributed by atoms with Crippen molar-refractivity contribution in [3.63, 3.8) is 0 Å². The van der Waals surface area contributed by atoms with Gasteiger partial charge in [0.25, 0.3) is 11.5 Å². The fourth-order valence-corrected chi connectivity index (χ4v) is 3.14. The van der Waals surface area contributed by atoms with E-state index < -0.39 is 0 Å². The molecule has 1 N–H and O–H groups in total. The average Bonchev–Trinajstić information content (AvgIpc) is 3.15. The van der Waals surface area contributed by atoms with Gasteiger partial charge in [0.05, 0.1) is 17.2 Å². The van der Waals surface area contributed by atoms with Crippen LogP contribution in [0.5, 0.6) is 0 Å². The van der Waals surface area contributed by atoms with Crippen molar-refractivity contribution in [2.75, 3.05) is 0 Å². The molecule has 2 heterocycles. The number of carbonyl (C=O) groups is 1. The van der Waals surface area contributed by atoms with Crippen molar-refractivity contribution in [1.82, 2.24) is 19.5 Å². The number of carbonyl (C=O) groups excluding carboxylic acids is 1. The molecule has 0 unspecified atom stereocenters. The zero-order chi connectivity index (χ0) is 18.3. The van der Waals surface area contributed by atoms with Crippen molar-refractivity contribution in [3.8, 4) is 0 Å². The van der Waals surface area contributed by atoms with Gasteiger partial charge in [0.1, 0.15) is 5.52 Å². The number of benzene rings is 2. The maximum atomic E-state index is 12.6. The molecule has 2 aromatic heterocycles. The van der Waals surface area contributed by atoms with E-state index in [0.717, 1.165) is 16.6 Å². The van der Waals surface area contributed by atoms with E-state index in [2.05, 4.69) is 10.4 Å². The summed E-state index contributed by atoms with van der Waals surface area (Å²) in [6.45, 7) is 2.48. The molecular weight excluding hydrogens is 328 g/mol. The Morgan fingerprint density at radius 2 is 1.88 bits per heavy atom. The second kappa shape index (κ2) is 6.15. The zero-order valence-electron chi connectivity index (χ0n) is 14.6. The molecule has 1 amide bonds. The van der Waals surface area contributed by atoms with E-state index in [1.54, 1.807) is 40.5 Å². The number of nitrogens with one attached hydrogen (secondary N) is 1. The number of nitrogens with zero attached hydrogens (tertiary/aromatic N) is 3. The summed E-state index contributed by atoms with van der Waals surface area (Å²) in [7, 11) is 1.70. The first-order valence-corrected chi connectivity index (χ1v) is 8.35. The third-order valence-corrected chi connectivity index (χ3v) is 4.69. The molecule has 130 valence electrons. The topological polar surface area (TPSA) is 68.4 Å². The number of rotatable bonds is 3. The van der Waals surface area contributed by atoms with Crippen LogP contribution < -0.4 is 10.9 Å². The summed E-state index contributed by atoms with van der Waals surface area (Å²) in [5.41, 5.74) is 4.52. The minimum absolute atomic E-state index is 0.146. The quantitative estimate of drug-likeness (QED) is 0.619. The summed E-state index contributed by atoms with van der Waals surface area (Å²) in [6.07, 6.45) is 1.60. The Morgan fingerprint density at radius 3 is 2.69 bits per heavy atom. The van der Waals surface area contributed by atoms with Crippen LogP contribution in [-0.2, 0) is 13.6 Å². The standard InChI is InChI=1S/C20H18N4O2/c1-13-5-3-4-6-15(13)12-21-19(25)14-7-8-16-18(11-14)23(2)20(26)17-9-10-22-24(16)17/h3-11H,12H2,1-2H3,(H,21,25). The maximum absolute atomic E-state index is 12.6. The van der Waals surface area contributed by atoms with E-state index in [4.69, 9.17) is 0 Å². The minimum Gasteiger partial charge on any atom is -0.348 e. The van der Waals surface area contributed by atoms with E-state index >= 15 is 0 Å². The molecule has 26 heavy (non-hydrogen) atoms. The van der Waals surface area contributed by atoms with Gasteiger partial charge < -0.3 is 9.88 Å². The smallest absolute Gasteiger partial charge is 0.276 e. The monoisotopic (exact) mass is 346 g/mol. The molecule has 2 aromatic carbocycles. The van der Waals surface area contributed by atoms with Gasteiger partial charge in [-0.1, -0.05) is 24.3 Å². The number of aryl methyl sites for hydroxylation is 2. The number of hydrogen-bond acceptors (Lipinski definition) is 3. The lowest BCUT2D eigenvalue weighted by Gasteiger charge is -2.11. The van der Waals surface area contributed by atoms with Crippen LogP contribution in [0.4, 0.5) is 0 Å². The number of fused-ring (bicyclic) bond motifs is 3. The third kappa shape index (κ3) is 2.56. The SMILES string of the molecule is Cc1ccccc1CNC(=O)c1ccc2c(c1)n(C)c(=O)c1ccnn12. The van der Waals surface area contributed by atoms with Crippen LogP contribution in [0, 0.1) is 6.92 Å². The molecule has 0 saturated heterocycles. The molecule has 0 saturated carbocycles. The van der Waals surface area contributed by atoms with Crippen molar-refractivity contribution in [2.24, 2.45) is 7.05 Å². The third-order valence-electron chi connectivity index (χ3n) is 4.69. The Balaban J connectivity index is 1.70. The summed E-state index contributed by atoms with van der Waals surface area (Å²) >= 11 is 0. The molecule has 0 radical (unpaired) electrons. The molecule has 4 aromatic rings. The highest BCUT2D eigenvalue weighted by atomic mass is 16.1. The number of aromatic nitrogens is 3. The molecule has 6 heteroatoms. The Hall–Kier alpha value is -3.41. The second-order valence-electron chi connectivity index (χ2n) is 6.31. The molecule has 6 nitrogen and oxygen atoms in total. The molecular formula is C20H18N4O2. The van der Waals surface area contributed by atoms with Crippen LogP contribution in [0.15, 0.2) is 59.5 Å². The van der Waals surface area contributed by atoms with E-state index in [9.17, 15) is 9.59 Å². The predicted octanol–water partition coefficient (Wildman–Crippen LogP) is 2.42. The van der Waals surface area contributed by atoms with Gasteiger partial charge in [-0.2, -0.15) is 5.10 Å². The lowest BCUT2D eigenvalue weighted by atomic mass is 10.1. The zero-order valence-corrected chi connectivity index (χ0v) is 14.6. The van der Waals surface area contributed by atoms with Gasteiger partial charge in [0.2, 0.25) is 0 Å². The summed E-state index contributed by atoms with van der Waals surface area (Å²) < 4.78 is 3.15. The molecule has 0 spiro atoms. The van der Waals surface area contributed by atoms with Crippen molar-refractivity contribution < 1.29 is 4.79 Å². The van der Waals surface area contributed by atoms with E-state index in [1.807, 2.05) is 37.3 Å². The molecule has 0 bridgehead atoms. The Labute approximate surface area is 149 Å². The van der Waals surface area contributed by atoms with Crippen LogP contribution in [0.1, 0.15) is 21.5 Å². The first-order chi connectivity index (χ1) is 12.6. The maximum Gasteiger partial charge on any atom is 0.276 e. The van der Waals surface area contributed by atoms with Crippen molar-refractivity contribution in [3.05, 3.63) is 81.8 Å². The first-order valence-electron chi connectivity index (χ1n) is 8.35. The molecule has 4 rings (SSSR count). The average molecular weight is 346 g/mol. The minimum atomic E-state index is -0.178. The Morgan fingerprint density at radius 1 is 1.08 bits per heavy atom. The van der Waals surface area contributed by atoms with Gasteiger partial charge in [-0.15, -0.1) is 0 Å². The Kier molecular flexibility index (Phi) is 3.80. The lowest BCUT2D eigenvalue weighted by molar-refractivity contribution is 0.0951. The van der Waals surface area contributed by atoms with Crippen molar-refractivity contribution >= 4 is 22.5 Å². The fraction of sp³-hybridized carbons (Fsp3) is 0.150. The summed E-state index contributed by atoms with van der Waals surface area (Å²) in [4.78, 5) is 25.0. The van der Waals surface area contributed by atoms with Gasteiger partial charge in [0.15, 0.2) is 0 Å². The van der Waals surface area contributed by atoms with Gasteiger partial charge in [0, 0.05) is 19.2 Å². The molecule has 0 atom stereocenters. The normalized spacial score (nSPS) is 11.2. The van der Waals surface area contributed by atoms with Crippen LogP contribution in [-0.4, -0.2) is 20.1 Å². The molecule has 0 aliphatic rings. The highest BCUT2D eigenvalue weighted by Crippen LogP contribution is 2.16. The molecule has 0 aliphatic heterocycles. The van der Waals surface area contributed by atoms with Gasteiger partial charge in [-0.05, 0) is 42.3 Å². The van der Waals surface area contributed by atoms with E-state index in [0.29, 0.717) is 23.1 Å². The van der Waals surface area contributed by atoms with E-state index in [1.165, 1.54) is 0 Å². The Bertz CT molecular complexity index is 1200. The van der Waals surface area contributed by atoms with Gasteiger partial charge >= 0.3 is 0 Å². The first kappa shape index (κ1) is 16.1. The summed E-state index contributed by atoms with van der Waals surface area (Å²) in [6, 6.07) is 14.9. The van der Waals surface area contributed by atoms with Crippen LogP contribution in [0.3, 0.4) is 0 Å². The van der Waals surface area contributed by atoms with Crippen LogP contribution >= 0.6 is 0 Å². The summed E-state index contributed by atoms with van der Waals surface area (Å²) in [5, 5.41) is 7.15. The van der Waals surface area contributed by atoms with Crippen molar-refractivity contribution in [2.45, 2.75) is 13.5 Å². The van der Waals surface area contributed by atoms with Crippen LogP contribution in [0.2, 0.25) is 0 Å². The number of hydrogen-bond donors (Lipinski definition) is 1. The predicted molar refractivity (Wildman–Crippen MR) is 100 cm³/mol. The highest BCUT2D eigenvalue weighted by Gasteiger charge is 2.12. The lowest BCUT2D eigenvalue weighted by Crippen LogP contribution is -2.24. The summed E-state index contributed by atoms with van der Waals surface area (Å²) in [5.74, 6) is -0.178. The molecule has 0 aliphatic carbocycles. The van der Waals surface area contributed by atoms with Crippen molar-refractivity contribution in [1.29, 1.82) is 0 Å². The molecule has 0 fully saturated rings. The largest absolute Gasteiger partial charge is 0.348 e. The fourth-order valence-electron chi connectivity index (χ4n) is 3.14. The van der Waals surface area contributed by atoms with Gasteiger partial charge in [-0.25, -0.2) is 4.52 Å².